The summed E-state index contributed by atoms with van der Waals surface area (Å²) in [6.07, 6.45) is 2.73. The standard InChI is InChI=1S/C16H19NO3/c18-15(14-10-12-4-1-2-5-13(12)14)17-7-3-6-16(11-17)19-8-9-20-16/h1-2,4-5,14H,3,6-11H2. The predicted molar refractivity (Wildman–Crippen MR) is 73.3 cm³/mol. The fraction of sp³-hybridized carbons (Fsp3) is 0.562. The molecule has 1 aliphatic carbocycles. The number of carbonyl (C=O) groups excluding carboxylic acids is 1. The molecule has 2 heterocycles. The largest absolute Gasteiger partial charge is 0.346 e. The normalized spacial score (nSPS) is 27.2. The summed E-state index contributed by atoms with van der Waals surface area (Å²) in [5.74, 6) is -0.235. The van der Waals surface area contributed by atoms with E-state index in [9.17, 15) is 4.79 Å². The number of fused-ring (bicyclic) bond motifs is 1. The Morgan fingerprint density at radius 2 is 2.05 bits per heavy atom. The lowest BCUT2D eigenvalue weighted by Crippen LogP contribution is -2.53. The first kappa shape index (κ1) is 12.4. The van der Waals surface area contributed by atoms with Gasteiger partial charge in [-0.1, -0.05) is 24.3 Å². The molecule has 0 aromatic heterocycles. The van der Waals surface area contributed by atoms with Crippen molar-refractivity contribution in [3.63, 3.8) is 0 Å². The molecule has 4 rings (SSSR count). The van der Waals surface area contributed by atoms with Crippen molar-refractivity contribution < 1.29 is 14.3 Å². The van der Waals surface area contributed by atoms with Crippen LogP contribution >= 0.6 is 0 Å². The molecule has 20 heavy (non-hydrogen) atoms. The Kier molecular flexibility index (Phi) is 2.82. The van der Waals surface area contributed by atoms with Crippen molar-refractivity contribution in [2.75, 3.05) is 26.3 Å². The third kappa shape index (κ3) is 1.86. The molecule has 4 nitrogen and oxygen atoms in total. The molecule has 106 valence electrons. The molecule has 1 atom stereocenters. The zero-order valence-corrected chi connectivity index (χ0v) is 11.5. The van der Waals surface area contributed by atoms with E-state index in [1.54, 1.807) is 0 Å². The molecule has 1 amide bonds. The number of amides is 1. The van der Waals surface area contributed by atoms with E-state index in [1.165, 1.54) is 11.1 Å². The number of carbonyl (C=O) groups is 1. The third-order valence-electron chi connectivity index (χ3n) is 4.70. The van der Waals surface area contributed by atoms with Crippen molar-refractivity contribution in [1.29, 1.82) is 0 Å². The quantitative estimate of drug-likeness (QED) is 0.781. The summed E-state index contributed by atoms with van der Waals surface area (Å²) in [6, 6.07) is 8.23. The van der Waals surface area contributed by atoms with Gasteiger partial charge in [0.2, 0.25) is 5.91 Å². The van der Waals surface area contributed by atoms with Gasteiger partial charge in [-0.2, -0.15) is 0 Å². The highest BCUT2D eigenvalue weighted by molar-refractivity contribution is 5.87. The van der Waals surface area contributed by atoms with Crippen LogP contribution in [0.15, 0.2) is 24.3 Å². The van der Waals surface area contributed by atoms with Crippen LogP contribution in [0.5, 0.6) is 0 Å². The predicted octanol–water partition coefficient (Wildman–Crippen LogP) is 1.69. The molecule has 0 saturated carbocycles. The summed E-state index contributed by atoms with van der Waals surface area (Å²) in [6.45, 7) is 2.71. The Labute approximate surface area is 118 Å². The van der Waals surface area contributed by atoms with Gasteiger partial charge in [0.05, 0.1) is 25.7 Å². The second kappa shape index (κ2) is 4.57. The molecule has 0 N–H and O–H groups in total. The molecular weight excluding hydrogens is 254 g/mol. The lowest BCUT2D eigenvalue weighted by Gasteiger charge is -2.41. The van der Waals surface area contributed by atoms with Gasteiger partial charge >= 0.3 is 0 Å². The Hall–Kier alpha value is -1.39. The van der Waals surface area contributed by atoms with Gasteiger partial charge in [-0.25, -0.2) is 0 Å². The van der Waals surface area contributed by atoms with Gasteiger partial charge in [0.1, 0.15) is 0 Å². The van der Waals surface area contributed by atoms with Crippen molar-refractivity contribution in [2.24, 2.45) is 0 Å². The third-order valence-corrected chi connectivity index (χ3v) is 4.70. The minimum atomic E-state index is -0.517. The number of piperidine rings is 1. The molecular formula is C16H19NO3. The van der Waals surface area contributed by atoms with Gasteiger partial charge in [-0.3, -0.25) is 4.79 Å². The monoisotopic (exact) mass is 273 g/mol. The molecule has 1 aromatic rings. The average Bonchev–Trinajstić information content (AvgIpc) is 2.88. The van der Waals surface area contributed by atoms with E-state index in [0.29, 0.717) is 19.8 Å². The maximum absolute atomic E-state index is 12.7. The van der Waals surface area contributed by atoms with Gasteiger partial charge in [-0.05, 0) is 24.0 Å². The van der Waals surface area contributed by atoms with Crippen LogP contribution in [-0.2, 0) is 20.7 Å². The van der Waals surface area contributed by atoms with E-state index in [0.717, 1.165) is 25.8 Å². The fourth-order valence-electron chi connectivity index (χ4n) is 3.61. The van der Waals surface area contributed by atoms with Gasteiger partial charge in [-0.15, -0.1) is 0 Å². The van der Waals surface area contributed by atoms with Crippen LogP contribution in [0.3, 0.4) is 0 Å². The van der Waals surface area contributed by atoms with Crippen LogP contribution < -0.4 is 0 Å². The number of hydrogen-bond acceptors (Lipinski definition) is 3. The SMILES string of the molecule is O=C(C1Cc2ccccc21)N1CCCC2(C1)OCCO2. The number of rotatable bonds is 1. The van der Waals surface area contributed by atoms with Crippen LogP contribution in [0.25, 0.3) is 0 Å². The number of hydrogen-bond donors (Lipinski definition) is 0. The van der Waals surface area contributed by atoms with E-state index in [1.807, 2.05) is 17.0 Å². The zero-order valence-electron chi connectivity index (χ0n) is 11.5. The number of likely N-dealkylation sites (tertiary alicyclic amines) is 1. The number of ether oxygens (including phenoxy) is 2. The Morgan fingerprint density at radius 3 is 2.85 bits per heavy atom. The van der Waals surface area contributed by atoms with Crippen molar-refractivity contribution in [3.05, 3.63) is 35.4 Å². The Morgan fingerprint density at radius 1 is 1.25 bits per heavy atom. The molecule has 1 aromatic carbocycles. The minimum absolute atomic E-state index is 0.0442. The molecule has 2 saturated heterocycles. The second-order valence-electron chi connectivity index (χ2n) is 5.93. The lowest BCUT2D eigenvalue weighted by molar-refractivity contribution is -0.193. The molecule has 3 aliphatic rings. The zero-order chi connectivity index (χ0) is 13.6. The van der Waals surface area contributed by atoms with Crippen LogP contribution in [0.1, 0.15) is 29.9 Å². The van der Waals surface area contributed by atoms with Crippen molar-refractivity contribution in [1.82, 2.24) is 4.90 Å². The minimum Gasteiger partial charge on any atom is -0.346 e. The van der Waals surface area contributed by atoms with E-state index in [4.69, 9.17) is 9.47 Å². The highest BCUT2D eigenvalue weighted by atomic mass is 16.7. The second-order valence-corrected chi connectivity index (χ2v) is 5.93. The summed E-state index contributed by atoms with van der Waals surface area (Å²) < 4.78 is 11.5. The molecule has 4 heteroatoms. The Bertz CT molecular complexity index is 536. The summed E-state index contributed by atoms with van der Waals surface area (Å²) in [4.78, 5) is 14.6. The van der Waals surface area contributed by atoms with Crippen molar-refractivity contribution in [3.8, 4) is 0 Å². The number of benzene rings is 1. The Balaban J connectivity index is 1.49. The highest BCUT2D eigenvalue weighted by Crippen LogP contribution is 2.38. The van der Waals surface area contributed by atoms with Crippen LogP contribution in [0, 0.1) is 0 Å². The summed E-state index contributed by atoms with van der Waals surface area (Å²) in [5, 5.41) is 0. The van der Waals surface area contributed by atoms with Crippen LogP contribution in [0.2, 0.25) is 0 Å². The maximum Gasteiger partial charge on any atom is 0.230 e. The maximum atomic E-state index is 12.7. The van der Waals surface area contributed by atoms with Gasteiger partial charge in [0, 0.05) is 13.0 Å². The first-order valence-corrected chi connectivity index (χ1v) is 7.42. The molecule has 0 radical (unpaired) electrons. The van der Waals surface area contributed by atoms with E-state index < -0.39 is 5.79 Å². The van der Waals surface area contributed by atoms with E-state index in [2.05, 4.69) is 12.1 Å². The van der Waals surface area contributed by atoms with E-state index >= 15 is 0 Å². The van der Waals surface area contributed by atoms with Crippen molar-refractivity contribution >= 4 is 5.91 Å². The van der Waals surface area contributed by atoms with Crippen molar-refractivity contribution in [2.45, 2.75) is 31.0 Å². The molecule has 1 spiro atoms. The average molecular weight is 273 g/mol. The first-order valence-electron chi connectivity index (χ1n) is 7.42. The van der Waals surface area contributed by atoms with Gasteiger partial charge < -0.3 is 14.4 Å². The van der Waals surface area contributed by atoms with Gasteiger partial charge in [0.25, 0.3) is 0 Å². The first-order chi connectivity index (χ1) is 9.77. The van der Waals surface area contributed by atoms with Crippen LogP contribution in [0.4, 0.5) is 0 Å². The smallest absolute Gasteiger partial charge is 0.230 e. The molecule has 2 fully saturated rings. The molecule has 0 bridgehead atoms. The fourth-order valence-corrected chi connectivity index (χ4v) is 3.61. The van der Waals surface area contributed by atoms with Crippen LogP contribution in [-0.4, -0.2) is 42.9 Å². The number of nitrogens with zero attached hydrogens (tertiary/aromatic N) is 1. The summed E-state index contributed by atoms with van der Waals surface area (Å²) in [7, 11) is 0. The van der Waals surface area contributed by atoms with E-state index in [-0.39, 0.29) is 11.8 Å². The lowest BCUT2D eigenvalue weighted by atomic mass is 9.76. The van der Waals surface area contributed by atoms with Gasteiger partial charge in [0.15, 0.2) is 5.79 Å². The summed E-state index contributed by atoms with van der Waals surface area (Å²) in [5.41, 5.74) is 2.51. The highest BCUT2D eigenvalue weighted by Gasteiger charge is 2.44. The topological polar surface area (TPSA) is 38.8 Å². The molecule has 1 unspecified atom stereocenters. The summed E-state index contributed by atoms with van der Waals surface area (Å²) >= 11 is 0. The molecule has 2 aliphatic heterocycles.